The average Bonchev–Trinajstić information content (AvgIpc) is 2.39. The average molecular weight is 263 g/mol. The fraction of sp³-hybridized carbons (Fsp3) is 0.467. The van der Waals surface area contributed by atoms with Gasteiger partial charge in [-0.05, 0) is 24.0 Å². The smallest absolute Gasteiger partial charge is 0.316 e. The Morgan fingerprint density at radius 3 is 2.11 bits per heavy atom. The first-order chi connectivity index (χ1) is 8.99. The van der Waals surface area contributed by atoms with Crippen LogP contribution in [0.25, 0.3) is 0 Å². The van der Waals surface area contributed by atoms with E-state index in [0.29, 0.717) is 13.0 Å². The maximum absolute atomic E-state index is 12.0. The van der Waals surface area contributed by atoms with Crippen LogP contribution >= 0.6 is 0 Å². The SMILES string of the molecule is CCc1ccc(CN(C)C(=O)C(CC)C(=O)O)cc1. The molecule has 1 aromatic rings. The third-order valence-electron chi connectivity index (χ3n) is 3.23. The lowest BCUT2D eigenvalue weighted by Gasteiger charge is -2.21. The van der Waals surface area contributed by atoms with Crippen LogP contribution in [0.5, 0.6) is 0 Å². The minimum absolute atomic E-state index is 0.313. The summed E-state index contributed by atoms with van der Waals surface area (Å²) in [6.45, 7) is 4.23. The van der Waals surface area contributed by atoms with Crippen LogP contribution < -0.4 is 0 Å². The Labute approximate surface area is 114 Å². The number of amides is 1. The van der Waals surface area contributed by atoms with Crippen LogP contribution in [0.15, 0.2) is 24.3 Å². The van der Waals surface area contributed by atoms with Gasteiger partial charge in [-0.15, -0.1) is 0 Å². The molecular formula is C15H21NO3. The number of aliphatic carboxylic acids is 1. The number of nitrogens with zero attached hydrogens (tertiary/aromatic N) is 1. The highest BCUT2D eigenvalue weighted by Crippen LogP contribution is 2.12. The van der Waals surface area contributed by atoms with Crippen LogP contribution in [0.1, 0.15) is 31.4 Å². The van der Waals surface area contributed by atoms with E-state index in [9.17, 15) is 9.59 Å². The molecule has 104 valence electrons. The molecule has 0 bridgehead atoms. The summed E-state index contributed by atoms with van der Waals surface area (Å²) in [7, 11) is 1.64. The molecule has 1 atom stereocenters. The van der Waals surface area contributed by atoms with Crippen LogP contribution in [0.2, 0.25) is 0 Å². The second kappa shape index (κ2) is 6.92. The molecule has 4 nitrogen and oxygen atoms in total. The highest BCUT2D eigenvalue weighted by Gasteiger charge is 2.26. The molecule has 0 saturated heterocycles. The van der Waals surface area contributed by atoms with Crippen molar-refractivity contribution in [3.05, 3.63) is 35.4 Å². The molecule has 0 aliphatic heterocycles. The third-order valence-corrected chi connectivity index (χ3v) is 3.23. The Bertz CT molecular complexity index is 439. The molecule has 1 aromatic carbocycles. The van der Waals surface area contributed by atoms with Gasteiger partial charge in [-0.25, -0.2) is 0 Å². The van der Waals surface area contributed by atoms with Crippen molar-refractivity contribution in [2.75, 3.05) is 7.05 Å². The number of hydrogen-bond acceptors (Lipinski definition) is 2. The Morgan fingerprint density at radius 2 is 1.68 bits per heavy atom. The maximum Gasteiger partial charge on any atom is 0.316 e. The number of hydrogen-bond donors (Lipinski definition) is 1. The van der Waals surface area contributed by atoms with Crippen molar-refractivity contribution in [1.29, 1.82) is 0 Å². The zero-order chi connectivity index (χ0) is 14.4. The normalized spacial score (nSPS) is 11.9. The molecule has 0 heterocycles. The van der Waals surface area contributed by atoms with Crippen molar-refractivity contribution in [1.82, 2.24) is 4.90 Å². The Hall–Kier alpha value is -1.84. The van der Waals surface area contributed by atoms with Crippen molar-refractivity contribution in [2.45, 2.75) is 33.2 Å². The van der Waals surface area contributed by atoms with Gasteiger partial charge in [0.1, 0.15) is 5.92 Å². The monoisotopic (exact) mass is 263 g/mol. The van der Waals surface area contributed by atoms with Gasteiger partial charge in [-0.3, -0.25) is 9.59 Å². The van der Waals surface area contributed by atoms with Crippen molar-refractivity contribution in [3.8, 4) is 0 Å². The Balaban J connectivity index is 2.69. The molecule has 0 fully saturated rings. The van der Waals surface area contributed by atoms with E-state index in [0.717, 1.165) is 12.0 Å². The number of aryl methyl sites for hydroxylation is 1. The minimum atomic E-state index is -1.05. The first-order valence-corrected chi connectivity index (χ1v) is 6.55. The summed E-state index contributed by atoms with van der Waals surface area (Å²) in [6.07, 6.45) is 1.29. The molecule has 0 aliphatic carbocycles. The second-order valence-corrected chi connectivity index (χ2v) is 4.66. The maximum atomic E-state index is 12.0. The summed E-state index contributed by atoms with van der Waals surface area (Å²) in [5.74, 6) is -2.34. The fourth-order valence-corrected chi connectivity index (χ4v) is 1.95. The van der Waals surface area contributed by atoms with Gasteiger partial charge in [0.2, 0.25) is 5.91 Å². The number of rotatable bonds is 6. The molecule has 0 saturated carbocycles. The van der Waals surface area contributed by atoms with Crippen LogP contribution in [-0.2, 0) is 22.6 Å². The van der Waals surface area contributed by atoms with Crippen molar-refractivity contribution in [2.24, 2.45) is 5.92 Å². The van der Waals surface area contributed by atoms with Crippen molar-refractivity contribution >= 4 is 11.9 Å². The van der Waals surface area contributed by atoms with Crippen molar-refractivity contribution in [3.63, 3.8) is 0 Å². The fourth-order valence-electron chi connectivity index (χ4n) is 1.95. The standard InChI is InChI=1S/C15H21NO3/c1-4-11-6-8-12(9-7-11)10-16(3)14(17)13(5-2)15(18)19/h6-9,13H,4-5,10H2,1-3H3,(H,18,19). The van der Waals surface area contributed by atoms with E-state index in [-0.39, 0.29) is 5.91 Å². The zero-order valence-corrected chi connectivity index (χ0v) is 11.7. The molecule has 0 aliphatic rings. The lowest BCUT2D eigenvalue weighted by molar-refractivity contribution is -0.150. The van der Waals surface area contributed by atoms with Crippen LogP contribution in [0.3, 0.4) is 0 Å². The topological polar surface area (TPSA) is 57.6 Å². The van der Waals surface area contributed by atoms with Crippen LogP contribution in [0, 0.1) is 5.92 Å². The van der Waals surface area contributed by atoms with Gasteiger partial charge >= 0.3 is 5.97 Å². The van der Waals surface area contributed by atoms with Gasteiger partial charge in [-0.2, -0.15) is 0 Å². The number of benzene rings is 1. The number of carboxylic acids is 1. The summed E-state index contributed by atoms with van der Waals surface area (Å²) in [6, 6.07) is 8.01. The highest BCUT2D eigenvalue weighted by molar-refractivity contribution is 5.96. The number of carbonyl (C=O) groups excluding carboxylic acids is 1. The Morgan fingerprint density at radius 1 is 1.16 bits per heavy atom. The summed E-state index contributed by atoms with van der Waals surface area (Å²) in [4.78, 5) is 24.4. The lowest BCUT2D eigenvalue weighted by Crippen LogP contribution is -2.36. The molecule has 0 spiro atoms. The van der Waals surface area contributed by atoms with E-state index >= 15 is 0 Å². The second-order valence-electron chi connectivity index (χ2n) is 4.66. The molecule has 19 heavy (non-hydrogen) atoms. The van der Waals surface area contributed by atoms with E-state index in [1.165, 1.54) is 10.5 Å². The highest BCUT2D eigenvalue weighted by atomic mass is 16.4. The van der Waals surface area contributed by atoms with E-state index < -0.39 is 11.9 Å². The third kappa shape index (κ3) is 4.09. The van der Waals surface area contributed by atoms with E-state index in [2.05, 4.69) is 6.92 Å². The Kier molecular flexibility index (Phi) is 5.55. The van der Waals surface area contributed by atoms with E-state index in [4.69, 9.17) is 5.11 Å². The van der Waals surface area contributed by atoms with Crippen LogP contribution in [-0.4, -0.2) is 28.9 Å². The molecule has 1 N–H and O–H groups in total. The van der Waals surface area contributed by atoms with Gasteiger partial charge in [-0.1, -0.05) is 38.1 Å². The van der Waals surface area contributed by atoms with Gasteiger partial charge in [0.25, 0.3) is 0 Å². The molecule has 0 radical (unpaired) electrons. The van der Waals surface area contributed by atoms with Gasteiger partial charge in [0, 0.05) is 13.6 Å². The van der Waals surface area contributed by atoms with Gasteiger partial charge in [0.05, 0.1) is 0 Å². The molecule has 0 aromatic heterocycles. The largest absolute Gasteiger partial charge is 0.481 e. The molecular weight excluding hydrogens is 242 g/mol. The molecule has 4 heteroatoms. The van der Waals surface area contributed by atoms with E-state index in [1.54, 1.807) is 14.0 Å². The predicted molar refractivity (Wildman–Crippen MR) is 73.7 cm³/mol. The quantitative estimate of drug-likeness (QED) is 0.801. The van der Waals surface area contributed by atoms with Gasteiger partial charge < -0.3 is 10.0 Å². The first kappa shape index (κ1) is 15.2. The first-order valence-electron chi connectivity index (χ1n) is 6.55. The summed E-state index contributed by atoms with van der Waals surface area (Å²) in [5, 5.41) is 8.98. The summed E-state index contributed by atoms with van der Waals surface area (Å²) in [5.41, 5.74) is 2.25. The summed E-state index contributed by atoms with van der Waals surface area (Å²) >= 11 is 0. The predicted octanol–water partition coefficient (Wildman–Crippen LogP) is 2.32. The molecule has 1 unspecified atom stereocenters. The number of carbonyl (C=O) groups is 2. The zero-order valence-electron chi connectivity index (χ0n) is 11.7. The number of carboxylic acid groups (broad SMARTS) is 1. The minimum Gasteiger partial charge on any atom is -0.481 e. The van der Waals surface area contributed by atoms with Crippen molar-refractivity contribution < 1.29 is 14.7 Å². The molecule has 1 rings (SSSR count). The van der Waals surface area contributed by atoms with Crippen LogP contribution in [0.4, 0.5) is 0 Å². The lowest BCUT2D eigenvalue weighted by atomic mass is 10.0. The van der Waals surface area contributed by atoms with E-state index in [1.807, 2.05) is 24.3 Å². The summed E-state index contributed by atoms with van der Waals surface area (Å²) < 4.78 is 0. The molecule has 1 amide bonds. The van der Waals surface area contributed by atoms with Gasteiger partial charge in [0.15, 0.2) is 0 Å².